The van der Waals surface area contributed by atoms with Crippen LogP contribution in [0.15, 0.2) is 24.3 Å². The molecule has 1 aliphatic rings. The molecule has 0 amide bonds. The van der Waals surface area contributed by atoms with Crippen LogP contribution in [0.2, 0.25) is 0 Å². The van der Waals surface area contributed by atoms with Crippen molar-refractivity contribution >= 4 is 0 Å². The Morgan fingerprint density at radius 1 is 1.37 bits per heavy atom. The zero-order valence-electron chi connectivity index (χ0n) is 12.0. The molecule has 2 rings (SSSR count). The Morgan fingerprint density at radius 2 is 2.11 bits per heavy atom. The summed E-state index contributed by atoms with van der Waals surface area (Å²) in [5.41, 5.74) is 6.82. The predicted octanol–water partition coefficient (Wildman–Crippen LogP) is 3.34. The van der Waals surface area contributed by atoms with Gasteiger partial charge in [0.2, 0.25) is 0 Å². The lowest BCUT2D eigenvalue weighted by atomic mass is 9.85. The first kappa shape index (κ1) is 14.5. The normalized spacial score (nSPS) is 25.5. The maximum Gasteiger partial charge on any atom is 0.127 e. The molecule has 0 saturated heterocycles. The molecule has 1 fully saturated rings. The SMILES string of the molecule is CC(c1ccccc1F)N(C)CC1CCCC(N)C1. The first-order chi connectivity index (χ1) is 9.08. The molecule has 0 heterocycles. The lowest BCUT2D eigenvalue weighted by molar-refractivity contribution is 0.182. The fourth-order valence-electron chi connectivity index (χ4n) is 3.12. The molecule has 0 spiro atoms. The predicted molar refractivity (Wildman–Crippen MR) is 77.4 cm³/mol. The summed E-state index contributed by atoms with van der Waals surface area (Å²) >= 11 is 0. The summed E-state index contributed by atoms with van der Waals surface area (Å²) in [6, 6.07) is 7.53. The van der Waals surface area contributed by atoms with Crippen LogP contribution in [0.4, 0.5) is 4.39 Å². The van der Waals surface area contributed by atoms with Crippen LogP contribution < -0.4 is 5.73 Å². The van der Waals surface area contributed by atoms with Crippen LogP contribution in [0.1, 0.15) is 44.2 Å². The highest BCUT2D eigenvalue weighted by Crippen LogP contribution is 2.27. The Bertz CT molecular complexity index is 407. The standard InChI is InChI=1S/C16H25FN2/c1-12(15-8-3-4-9-16(15)17)19(2)11-13-6-5-7-14(18)10-13/h3-4,8-9,12-14H,5-7,10-11,18H2,1-2H3. The third kappa shape index (κ3) is 3.77. The van der Waals surface area contributed by atoms with Crippen molar-refractivity contribution < 1.29 is 4.39 Å². The van der Waals surface area contributed by atoms with Gasteiger partial charge < -0.3 is 5.73 Å². The molecule has 0 radical (unpaired) electrons. The molecule has 3 atom stereocenters. The van der Waals surface area contributed by atoms with Crippen molar-refractivity contribution in [2.24, 2.45) is 11.7 Å². The van der Waals surface area contributed by atoms with Gasteiger partial charge in [-0.15, -0.1) is 0 Å². The van der Waals surface area contributed by atoms with E-state index in [-0.39, 0.29) is 11.9 Å². The van der Waals surface area contributed by atoms with E-state index in [1.54, 1.807) is 6.07 Å². The van der Waals surface area contributed by atoms with Gasteiger partial charge in [0.1, 0.15) is 5.82 Å². The summed E-state index contributed by atoms with van der Waals surface area (Å²) in [4.78, 5) is 2.25. The average Bonchev–Trinajstić information content (AvgIpc) is 2.38. The van der Waals surface area contributed by atoms with E-state index in [1.165, 1.54) is 18.9 Å². The van der Waals surface area contributed by atoms with Gasteiger partial charge in [0, 0.05) is 24.2 Å². The van der Waals surface area contributed by atoms with Crippen LogP contribution in [0.3, 0.4) is 0 Å². The Kier molecular flexibility index (Phi) is 4.94. The number of rotatable bonds is 4. The monoisotopic (exact) mass is 264 g/mol. The molecule has 0 aromatic heterocycles. The summed E-state index contributed by atoms with van der Waals surface area (Å²) in [7, 11) is 2.08. The quantitative estimate of drug-likeness (QED) is 0.903. The second kappa shape index (κ2) is 6.49. The van der Waals surface area contributed by atoms with Crippen LogP contribution in [-0.2, 0) is 0 Å². The lowest BCUT2D eigenvalue weighted by Gasteiger charge is -2.33. The van der Waals surface area contributed by atoms with Crippen molar-refractivity contribution in [1.29, 1.82) is 0 Å². The minimum Gasteiger partial charge on any atom is -0.328 e. The van der Waals surface area contributed by atoms with Gasteiger partial charge in [-0.3, -0.25) is 4.90 Å². The number of nitrogens with two attached hydrogens (primary N) is 1. The summed E-state index contributed by atoms with van der Waals surface area (Å²) in [6.45, 7) is 3.07. The third-order valence-electron chi connectivity index (χ3n) is 4.39. The molecular weight excluding hydrogens is 239 g/mol. The lowest BCUT2D eigenvalue weighted by Crippen LogP contribution is -2.35. The summed E-state index contributed by atoms with van der Waals surface area (Å²) in [5.74, 6) is 0.546. The Morgan fingerprint density at radius 3 is 2.79 bits per heavy atom. The zero-order valence-corrected chi connectivity index (χ0v) is 12.0. The van der Waals surface area contributed by atoms with E-state index in [0.29, 0.717) is 12.0 Å². The highest BCUT2D eigenvalue weighted by atomic mass is 19.1. The van der Waals surface area contributed by atoms with Gasteiger partial charge in [-0.05, 0) is 45.2 Å². The number of halogens is 1. The molecular formula is C16H25FN2. The largest absolute Gasteiger partial charge is 0.328 e. The van der Waals surface area contributed by atoms with Gasteiger partial charge in [0.05, 0.1) is 0 Å². The minimum atomic E-state index is -0.109. The van der Waals surface area contributed by atoms with Crippen LogP contribution in [-0.4, -0.2) is 24.5 Å². The smallest absolute Gasteiger partial charge is 0.127 e. The topological polar surface area (TPSA) is 29.3 Å². The summed E-state index contributed by atoms with van der Waals surface area (Å²) in [5, 5.41) is 0. The summed E-state index contributed by atoms with van der Waals surface area (Å²) < 4.78 is 13.8. The molecule has 2 nitrogen and oxygen atoms in total. The third-order valence-corrected chi connectivity index (χ3v) is 4.39. The van der Waals surface area contributed by atoms with E-state index >= 15 is 0 Å². The number of hydrogen-bond donors (Lipinski definition) is 1. The van der Waals surface area contributed by atoms with E-state index in [9.17, 15) is 4.39 Å². The maximum absolute atomic E-state index is 13.8. The van der Waals surface area contributed by atoms with Gasteiger partial charge in [-0.2, -0.15) is 0 Å². The minimum absolute atomic E-state index is 0.109. The molecule has 1 saturated carbocycles. The van der Waals surface area contributed by atoms with Crippen LogP contribution in [0.25, 0.3) is 0 Å². The van der Waals surface area contributed by atoms with E-state index < -0.39 is 0 Å². The van der Waals surface area contributed by atoms with Crippen molar-refractivity contribution in [2.45, 2.75) is 44.7 Å². The van der Waals surface area contributed by atoms with Gasteiger partial charge in [0.25, 0.3) is 0 Å². The second-order valence-corrected chi connectivity index (χ2v) is 5.93. The molecule has 0 bridgehead atoms. The average molecular weight is 264 g/mol. The van der Waals surface area contributed by atoms with Gasteiger partial charge in [0.15, 0.2) is 0 Å². The fraction of sp³-hybridized carbons (Fsp3) is 0.625. The number of benzene rings is 1. The molecule has 2 N–H and O–H groups in total. The molecule has 3 heteroatoms. The summed E-state index contributed by atoms with van der Waals surface area (Å²) in [6.07, 6.45) is 4.74. The molecule has 106 valence electrons. The van der Waals surface area contributed by atoms with Crippen LogP contribution >= 0.6 is 0 Å². The van der Waals surface area contributed by atoms with Crippen LogP contribution in [0.5, 0.6) is 0 Å². The first-order valence-corrected chi connectivity index (χ1v) is 7.28. The Labute approximate surface area is 115 Å². The zero-order chi connectivity index (χ0) is 13.8. The highest BCUT2D eigenvalue weighted by Gasteiger charge is 2.23. The van der Waals surface area contributed by atoms with Gasteiger partial charge >= 0.3 is 0 Å². The van der Waals surface area contributed by atoms with E-state index in [4.69, 9.17) is 5.73 Å². The number of nitrogens with zero attached hydrogens (tertiary/aromatic N) is 1. The molecule has 1 aromatic carbocycles. The Balaban J connectivity index is 1.95. The van der Waals surface area contributed by atoms with Crippen LogP contribution in [0, 0.1) is 11.7 Å². The molecule has 1 aliphatic carbocycles. The molecule has 0 aliphatic heterocycles. The fourth-order valence-corrected chi connectivity index (χ4v) is 3.12. The first-order valence-electron chi connectivity index (χ1n) is 7.28. The van der Waals surface area contributed by atoms with Crippen molar-refractivity contribution in [3.63, 3.8) is 0 Å². The molecule has 1 aromatic rings. The van der Waals surface area contributed by atoms with Crippen molar-refractivity contribution in [3.05, 3.63) is 35.6 Å². The van der Waals surface area contributed by atoms with E-state index in [1.807, 2.05) is 12.1 Å². The number of hydrogen-bond acceptors (Lipinski definition) is 2. The Hall–Kier alpha value is -0.930. The van der Waals surface area contributed by atoms with E-state index in [2.05, 4.69) is 18.9 Å². The molecule has 19 heavy (non-hydrogen) atoms. The van der Waals surface area contributed by atoms with Crippen molar-refractivity contribution in [2.75, 3.05) is 13.6 Å². The molecule has 3 unspecified atom stereocenters. The highest BCUT2D eigenvalue weighted by molar-refractivity contribution is 5.20. The van der Waals surface area contributed by atoms with Gasteiger partial charge in [-0.25, -0.2) is 4.39 Å². The maximum atomic E-state index is 13.8. The second-order valence-electron chi connectivity index (χ2n) is 5.93. The van der Waals surface area contributed by atoms with Crippen molar-refractivity contribution in [1.82, 2.24) is 4.90 Å². The van der Waals surface area contributed by atoms with Gasteiger partial charge in [-0.1, -0.05) is 24.6 Å². The van der Waals surface area contributed by atoms with Crippen molar-refractivity contribution in [3.8, 4) is 0 Å². The van der Waals surface area contributed by atoms with E-state index in [0.717, 1.165) is 24.9 Å².